The maximum atomic E-state index is 13.9. The molecule has 0 amide bonds. The summed E-state index contributed by atoms with van der Waals surface area (Å²) in [6.45, 7) is 5.20. The molecule has 0 bridgehead atoms. The summed E-state index contributed by atoms with van der Waals surface area (Å²) in [5.41, 5.74) is 7.60. The monoisotopic (exact) mass is 518 g/mol. The number of fused-ring (bicyclic) bond motifs is 2. The van der Waals surface area contributed by atoms with Crippen molar-refractivity contribution in [1.29, 1.82) is 5.41 Å². The molecule has 4 heterocycles. The fraction of sp³-hybridized carbons (Fsp3) is 0.308. The number of thiophene rings is 1. The van der Waals surface area contributed by atoms with Gasteiger partial charge in [0.1, 0.15) is 11.1 Å². The van der Waals surface area contributed by atoms with Crippen LogP contribution in [0.4, 0.5) is 0 Å². The van der Waals surface area contributed by atoms with E-state index in [0.717, 1.165) is 16.6 Å². The lowest BCUT2D eigenvalue weighted by molar-refractivity contribution is 0.484. The number of hydrogen-bond acceptors (Lipinski definition) is 5. The number of guanidine groups is 1. The van der Waals surface area contributed by atoms with Gasteiger partial charge in [-0.1, -0.05) is 32.0 Å². The smallest absolute Gasteiger partial charge is 0.332 e. The number of hydrogen-bond donors (Lipinski definition) is 3. The van der Waals surface area contributed by atoms with Crippen LogP contribution in [0, 0.1) is 11.3 Å². The number of nitrogens with two attached hydrogens (primary N) is 1. The fourth-order valence-corrected chi connectivity index (χ4v) is 5.67. The maximum Gasteiger partial charge on any atom is 0.332 e. The third-order valence-electron chi connectivity index (χ3n) is 6.38. The van der Waals surface area contributed by atoms with E-state index >= 15 is 0 Å². The highest BCUT2D eigenvalue weighted by molar-refractivity contribution is 7.17. The van der Waals surface area contributed by atoms with E-state index < -0.39 is 11.2 Å². The van der Waals surface area contributed by atoms with E-state index in [4.69, 9.17) is 16.2 Å². The van der Waals surface area contributed by atoms with Gasteiger partial charge in [0.25, 0.3) is 5.56 Å². The molecule has 0 radical (unpaired) electrons. The van der Waals surface area contributed by atoms with Gasteiger partial charge < -0.3 is 15.6 Å². The first-order valence-corrected chi connectivity index (χ1v) is 13.0. The van der Waals surface area contributed by atoms with Crippen molar-refractivity contribution >= 4 is 38.4 Å². The molecule has 11 heteroatoms. The molecular formula is C26H30N8O2S. The Hall–Kier alpha value is -4.12. The first-order valence-electron chi connectivity index (χ1n) is 12.1. The predicted molar refractivity (Wildman–Crippen MR) is 148 cm³/mol. The van der Waals surface area contributed by atoms with Gasteiger partial charge in [0.2, 0.25) is 0 Å². The van der Waals surface area contributed by atoms with Crippen molar-refractivity contribution in [3.63, 3.8) is 0 Å². The summed E-state index contributed by atoms with van der Waals surface area (Å²) in [4.78, 5) is 27.4. The van der Waals surface area contributed by atoms with Gasteiger partial charge in [-0.15, -0.1) is 11.3 Å². The van der Waals surface area contributed by atoms with Gasteiger partial charge in [-0.05, 0) is 40.4 Å². The Morgan fingerprint density at radius 1 is 1.16 bits per heavy atom. The van der Waals surface area contributed by atoms with Crippen LogP contribution in [0.25, 0.3) is 32.5 Å². The molecule has 0 unspecified atom stereocenters. The molecule has 37 heavy (non-hydrogen) atoms. The molecule has 5 rings (SSSR count). The van der Waals surface area contributed by atoms with Crippen molar-refractivity contribution < 1.29 is 0 Å². The quantitative estimate of drug-likeness (QED) is 0.215. The minimum Gasteiger partial charge on any atom is -0.370 e. The maximum absolute atomic E-state index is 13.9. The minimum atomic E-state index is -0.416. The van der Waals surface area contributed by atoms with Gasteiger partial charge in [0, 0.05) is 37.6 Å². The molecule has 0 aliphatic rings. The topological polar surface area (TPSA) is 129 Å². The van der Waals surface area contributed by atoms with Crippen molar-refractivity contribution in [2.24, 2.45) is 18.7 Å². The number of aryl methyl sites for hydroxylation is 1. The summed E-state index contributed by atoms with van der Waals surface area (Å²) >= 11 is 1.68. The Balaban J connectivity index is 1.79. The third-order valence-corrected chi connectivity index (χ3v) is 7.39. The van der Waals surface area contributed by atoms with E-state index in [1.807, 2.05) is 60.6 Å². The van der Waals surface area contributed by atoms with Crippen LogP contribution in [0.3, 0.4) is 0 Å². The number of rotatable bonds is 8. The number of nitrogens with zero attached hydrogens (tertiary/aromatic N) is 5. The molecule has 10 nitrogen and oxygen atoms in total. The standard InChI is InChI=1S/C26H30N8O2S/c1-16(2)13-33-23-21(24(35)32(26(33)36)12-10-29-25(27)28)22(19-8-6-11-31(19)3)34(30-23)14-17-15-37-20-9-5-4-7-18(17)20/h4-9,11,15-16H,10,12-14H2,1-3H3,(H4,27,28,29). The van der Waals surface area contributed by atoms with E-state index in [9.17, 15) is 9.59 Å². The highest BCUT2D eigenvalue weighted by atomic mass is 32.1. The molecular weight excluding hydrogens is 488 g/mol. The van der Waals surface area contributed by atoms with E-state index in [2.05, 4.69) is 22.8 Å². The van der Waals surface area contributed by atoms with Crippen molar-refractivity contribution in [3.8, 4) is 11.4 Å². The zero-order valence-corrected chi connectivity index (χ0v) is 21.9. The summed E-state index contributed by atoms with van der Waals surface area (Å²) in [6, 6.07) is 12.1. The van der Waals surface area contributed by atoms with Crippen molar-refractivity contribution in [2.75, 3.05) is 6.54 Å². The second-order valence-corrected chi connectivity index (χ2v) is 10.5. The molecule has 5 aromatic rings. The molecule has 1 aromatic carbocycles. The Morgan fingerprint density at radius 3 is 2.65 bits per heavy atom. The van der Waals surface area contributed by atoms with Gasteiger partial charge in [-0.3, -0.25) is 24.0 Å². The lowest BCUT2D eigenvalue weighted by atomic mass is 10.1. The van der Waals surface area contributed by atoms with E-state index in [0.29, 0.717) is 29.8 Å². The summed E-state index contributed by atoms with van der Waals surface area (Å²) in [6.07, 6.45) is 1.93. The molecule has 0 atom stereocenters. The molecule has 0 saturated heterocycles. The molecule has 0 aliphatic carbocycles. The second kappa shape index (κ2) is 9.74. The number of aromatic nitrogens is 5. The van der Waals surface area contributed by atoms with E-state index in [1.54, 1.807) is 15.9 Å². The van der Waals surface area contributed by atoms with E-state index in [1.165, 1.54) is 9.27 Å². The van der Waals surface area contributed by atoms with Crippen LogP contribution >= 0.6 is 11.3 Å². The highest BCUT2D eigenvalue weighted by Crippen LogP contribution is 2.31. The van der Waals surface area contributed by atoms with Gasteiger partial charge in [0.05, 0.1) is 12.2 Å². The number of nitrogens with one attached hydrogen (secondary N) is 2. The van der Waals surface area contributed by atoms with Crippen LogP contribution in [-0.2, 0) is 26.7 Å². The largest absolute Gasteiger partial charge is 0.370 e. The fourth-order valence-electron chi connectivity index (χ4n) is 4.72. The van der Waals surface area contributed by atoms with Crippen LogP contribution in [0.1, 0.15) is 19.4 Å². The zero-order valence-electron chi connectivity index (χ0n) is 21.1. The van der Waals surface area contributed by atoms with Gasteiger partial charge >= 0.3 is 5.69 Å². The lowest BCUT2D eigenvalue weighted by Gasteiger charge is -2.14. The Kier molecular flexibility index (Phi) is 6.46. The molecule has 192 valence electrons. The SMILES string of the molecule is CC(C)Cn1c(=O)n(CCNC(=N)N)c(=O)c2c(-c3cccn3C)n(Cc3csc4ccccc34)nc21. The Bertz CT molecular complexity index is 1730. The summed E-state index contributed by atoms with van der Waals surface area (Å²) < 4.78 is 7.82. The molecule has 4 N–H and O–H groups in total. The lowest BCUT2D eigenvalue weighted by Crippen LogP contribution is -2.43. The number of benzene rings is 1. The zero-order chi connectivity index (χ0) is 26.3. The molecule has 4 aromatic heterocycles. The summed E-state index contributed by atoms with van der Waals surface area (Å²) in [5, 5.41) is 18.7. The minimum absolute atomic E-state index is 0.0816. The summed E-state index contributed by atoms with van der Waals surface area (Å²) in [5.74, 6) is -0.0522. The average molecular weight is 519 g/mol. The molecule has 0 saturated carbocycles. The molecule has 0 spiro atoms. The van der Waals surface area contributed by atoms with E-state index in [-0.39, 0.29) is 25.0 Å². The van der Waals surface area contributed by atoms with Gasteiger partial charge in [-0.2, -0.15) is 5.10 Å². The van der Waals surface area contributed by atoms with Crippen molar-refractivity contribution in [3.05, 3.63) is 74.4 Å². The molecule has 0 fully saturated rings. The van der Waals surface area contributed by atoms with Crippen LogP contribution in [0.15, 0.2) is 57.6 Å². The van der Waals surface area contributed by atoms with Crippen LogP contribution in [0.2, 0.25) is 0 Å². The Morgan fingerprint density at radius 2 is 1.95 bits per heavy atom. The predicted octanol–water partition coefficient (Wildman–Crippen LogP) is 2.77. The normalized spacial score (nSPS) is 11.7. The van der Waals surface area contributed by atoms with Crippen LogP contribution in [-0.4, -0.2) is 36.0 Å². The van der Waals surface area contributed by atoms with Crippen LogP contribution < -0.4 is 22.3 Å². The molecule has 0 aliphatic heterocycles. The average Bonchev–Trinajstić information content (AvgIpc) is 3.56. The first-order chi connectivity index (χ1) is 17.8. The van der Waals surface area contributed by atoms with Crippen molar-refractivity contribution in [2.45, 2.75) is 33.5 Å². The summed E-state index contributed by atoms with van der Waals surface area (Å²) in [7, 11) is 1.93. The van der Waals surface area contributed by atoms with Crippen LogP contribution in [0.5, 0.6) is 0 Å². The van der Waals surface area contributed by atoms with Gasteiger partial charge in [0.15, 0.2) is 11.6 Å². The highest BCUT2D eigenvalue weighted by Gasteiger charge is 2.25. The van der Waals surface area contributed by atoms with Gasteiger partial charge in [-0.25, -0.2) is 4.79 Å². The second-order valence-electron chi connectivity index (χ2n) is 9.55. The third kappa shape index (κ3) is 4.46. The first kappa shape index (κ1) is 24.6. The van der Waals surface area contributed by atoms with Crippen molar-refractivity contribution in [1.82, 2.24) is 28.8 Å². The Labute approximate surface area is 217 Å².